The third-order valence-electron chi connectivity index (χ3n) is 7.51. The lowest BCUT2D eigenvalue weighted by Crippen LogP contribution is -2.34. The third kappa shape index (κ3) is 4.99. The SMILES string of the molecule is CCC1=CC2=C(Cc3ccc(N4CCC(Cc5ccccc5)CC4)cc3)C=CNC2C=C1OC. The average Bonchev–Trinajstić information content (AvgIpc) is 2.89. The second-order valence-electron chi connectivity index (χ2n) is 9.68. The van der Waals surface area contributed by atoms with Crippen molar-refractivity contribution in [3.8, 4) is 0 Å². The second-order valence-corrected chi connectivity index (χ2v) is 9.68. The molecule has 3 heteroatoms. The number of rotatable bonds is 7. The van der Waals surface area contributed by atoms with E-state index in [9.17, 15) is 0 Å². The summed E-state index contributed by atoms with van der Waals surface area (Å²) in [5.41, 5.74) is 8.22. The van der Waals surface area contributed by atoms with Gasteiger partial charge in [0.05, 0.1) is 13.2 Å². The van der Waals surface area contributed by atoms with Gasteiger partial charge >= 0.3 is 0 Å². The minimum atomic E-state index is 0.196. The van der Waals surface area contributed by atoms with Crippen LogP contribution < -0.4 is 10.2 Å². The van der Waals surface area contributed by atoms with Crippen LogP contribution in [0.2, 0.25) is 0 Å². The molecule has 3 nitrogen and oxygen atoms in total. The van der Waals surface area contributed by atoms with Crippen molar-refractivity contribution in [1.82, 2.24) is 5.32 Å². The molecule has 5 rings (SSSR count). The number of methoxy groups -OCH3 is 1. The van der Waals surface area contributed by atoms with Crippen LogP contribution in [-0.2, 0) is 17.6 Å². The van der Waals surface area contributed by atoms with Gasteiger partial charge in [0.1, 0.15) is 5.76 Å². The fourth-order valence-corrected chi connectivity index (χ4v) is 5.50. The molecule has 3 aliphatic rings. The average molecular weight is 453 g/mol. The molecule has 0 spiro atoms. The van der Waals surface area contributed by atoms with E-state index in [-0.39, 0.29) is 6.04 Å². The van der Waals surface area contributed by atoms with Gasteiger partial charge in [-0.05, 0) is 102 Å². The zero-order valence-electron chi connectivity index (χ0n) is 20.5. The predicted octanol–water partition coefficient (Wildman–Crippen LogP) is 6.35. The Morgan fingerprint density at radius 3 is 2.44 bits per heavy atom. The molecule has 176 valence electrons. The number of hydrogen-bond donors (Lipinski definition) is 1. The summed E-state index contributed by atoms with van der Waals surface area (Å²) in [5, 5.41) is 3.47. The number of hydrogen-bond acceptors (Lipinski definition) is 3. The van der Waals surface area contributed by atoms with Crippen molar-refractivity contribution in [3.63, 3.8) is 0 Å². The molecule has 34 heavy (non-hydrogen) atoms. The maximum atomic E-state index is 5.61. The van der Waals surface area contributed by atoms with Gasteiger partial charge in [-0.2, -0.15) is 0 Å². The van der Waals surface area contributed by atoms with Crippen LogP contribution in [0, 0.1) is 5.92 Å². The van der Waals surface area contributed by atoms with Crippen molar-refractivity contribution in [2.24, 2.45) is 5.92 Å². The molecule has 2 heterocycles. The standard InChI is InChI=1S/C31H36N2O/c1-3-26-21-29-27(13-16-32-30(29)22-31(26)34-2)20-24-9-11-28(12-10-24)33-17-14-25(15-18-33)19-23-7-5-4-6-8-23/h4-13,16,21-22,25,30,32H,3,14-15,17-20H2,1-2H3. The molecule has 2 aromatic rings. The summed E-state index contributed by atoms with van der Waals surface area (Å²) in [5.74, 6) is 1.80. The van der Waals surface area contributed by atoms with Crippen molar-refractivity contribution >= 4 is 5.69 Å². The van der Waals surface area contributed by atoms with Gasteiger partial charge in [0.2, 0.25) is 0 Å². The Labute approximate surface area is 204 Å². The Bertz CT molecular complexity index is 1100. The van der Waals surface area contributed by atoms with Gasteiger partial charge in [-0.25, -0.2) is 0 Å². The molecule has 1 saturated heterocycles. The molecule has 0 aromatic heterocycles. The van der Waals surface area contributed by atoms with E-state index in [1.807, 2.05) is 0 Å². The summed E-state index contributed by atoms with van der Waals surface area (Å²) in [7, 11) is 1.76. The topological polar surface area (TPSA) is 24.5 Å². The number of piperidine rings is 1. The Morgan fingerprint density at radius 2 is 1.74 bits per heavy atom. The van der Waals surface area contributed by atoms with Crippen molar-refractivity contribution < 1.29 is 4.74 Å². The maximum absolute atomic E-state index is 5.61. The number of anilines is 1. The first-order valence-electron chi connectivity index (χ1n) is 12.7. The summed E-state index contributed by atoms with van der Waals surface area (Å²) >= 11 is 0. The van der Waals surface area contributed by atoms with Gasteiger partial charge in [-0.1, -0.05) is 49.4 Å². The molecule has 0 radical (unpaired) electrons. The lowest BCUT2D eigenvalue weighted by molar-refractivity contribution is 0.294. The molecule has 1 atom stereocenters. The molecule has 1 aliphatic carbocycles. The minimum absolute atomic E-state index is 0.196. The third-order valence-corrected chi connectivity index (χ3v) is 7.51. The Balaban J connectivity index is 1.22. The summed E-state index contributed by atoms with van der Waals surface area (Å²) in [6.07, 6.45) is 14.5. The van der Waals surface area contributed by atoms with Crippen LogP contribution >= 0.6 is 0 Å². The molecule has 0 saturated carbocycles. The zero-order chi connectivity index (χ0) is 23.3. The fraction of sp³-hybridized carbons (Fsp3) is 0.355. The van der Waals surface area contributed by atoms with Gasteiger partial charge in [-0.3, -0.25) is 0 Å². The number of fused-ring (bicyclic) bond motifs is 1. The second kappa shape index (κ2) is 10.4. The zero-order valence-corrected chi connectivity index (χ0v) is 20.5. The molecule has 2 aromatic carbocycles. The fourth-order valence-electron chi connectivity index (χ4n) is 5.50. The van der Waals surface area contributed by atoms with Crippen LogP contribution in [0.4, 0.5) is 5.69 Å². The van der Waals surface area contributed by atoms with Crippen molar-refractivity contribution in [2.75, 3.05) is 25.1 Å². The summed E-state index contributed by atoms with van der Waals surface area (Å²) < 4.78 is 5.61. The first-order chi connectivity index (χ1) is 16.7. The van der Waals surface area contributed by atoms with E-state index in [0.717, 1.165) is 37.6 Å². The molecular weight excluding hydrogens is 416 g/mol. The lowest BCUT2D eigenvalue weighted by Gasteiger charge is -2.34. The summed E-state index contributed by atoms with van der Waals surface area (Å²) in [6.45, 7) is 4.50. The Hall–Kier alpha value is -3.20. The largest absolute Gasteiger partial charge is 0.497 e. The molecular formula is C31H36N2O. The first-order valence-corrected chi connectivity index (χ1v) is 12.7. The van der Waals surface area contributed by atoms with Gasteiger partial charge < -0.3 is 15.0 Å². The molecule has 0 amide bonds. The lowest BCUT2D eigenvalue weighted by atomic mass is 9.87. The predicted molar refractivity (Wildman–Crippen MR) is 142 cm³/mol. The highest BCUT2D eigenvalue weighted by Gasteiger charge is 2.24. The van der Waals surface area contributed by atoms with Crippen LogP contribution in [0.25, 0.3) is 0 Å². The molecule has 1 fully saturated rings. The number of allylic oxidation sites excluding steroid dienone is 3. The van der Waals surface area contributed by atoms with Gasteiger partial charge in [0.25, 0.3) is 0 Å². The van der Waals surface area contributed by atoms with Crippen molar-refractivity contribution in [3.05, 3.63) is 113 Å². The quantitative estimate of drug-likeness (QED) is 0.530. The van der Waals surface area contributed by atoms with Crippen LogP contribution in [0.15, 0.2) is 102 Å². The summed E-state index contributed by atoms with van der Waals surface area (Å²) in [6, 6.07) is 20.4. The highest BCUT2D eigenvalue weighted by atomic mass is 16.5. The van der Waals surface area contributed by atoms with E-state index >= 15 is 0 Å². The maximum Gasteiger partial charge on any atom is 0.120 e. The van der Waals surface area contributed by atoms with E-state index in [2.05, 4.69) is 96.2 Å². The molecule has 2 aliphatic heterocycles. The first kappa shape index (κ1) is 22.6. The Morgan fingerprint density at radius 1 is 0.971 bits per heavy atom. The molecule has 1 unspecified atom stereocenters. The van der Waals surface area contributed by atoms with Crippen molar-refractivity contribution in [2.45, 2.75) is 45.1 Å². The number of dihydropyridines is 1. The van der Waals surface area contributed by atoms with Gasteiger partial charge in [0.15, 0.2) is 0 Å². The van der Waals surface area contributed by atoms with Crippen LogP contribution in [0.1, 0.15) is 37.3 Å². The van der Waals surface area contributed by atoms with Crippen LogP contribution in [-0.4, -0.2) is 26.2 Å². The van der Waals surface area contributed by atoms with E-state index < -0.39 is 0 Å². The monoisotopic (exact) mass is 452 g/mol. The molecule has 1 N–H and O–H groups in total. The van der Waals surface area contributed by atoms with E-state index in [4.69, 9.17) is 4.74 Å². The van der Waals surface area contributed by atoms with Crippen LogP contribution in [0.5, 0.6) is 0 Å². The van der Waals surface area contributed by atoms with E-state index in [1.54, 1.807) is 7.11 Å². The normalized spacial score (nSPS) is 20.4. The number of ether oxygens (including phenoxy) is 1. The van der Waals surface area contributed by atoms with E-state index in [0.29, 0.717) is 0 Å². The highest BCUT2D eigenvalue weighted by Crippen LogP contribution is 2.32. The number of nitrogens with one attached hydrogen (secondary N) is 1. The van der Waals surface area contributed by atoms with Gasteiger partial charge in [0, 0.05) is 18.8 Å². The van der Waals surface area contributed by atoms with Crippen molar-refractivity contribution in [1.29, 1.82) is 0 Å². The summed E-state index contributed by atoms with van der Waals surface area (Å²) in [4.78, 5) is 2.56. The number of benzene rings is 2. The number of nitrogens with zero attached hydrogens (tertiary/aromatic N) is 1. The smallest absolute Gasteiger partial charge is 0.120 e. The van der Waals surface area contributed by atoms with Gasteiger partial charge in [-0.15, -0.1) is 0 Å². The highest BCUT2D eigenvalue weighted by molar-refractivity contribution is 5.53. The van der Waals surface area contributed by atoms with E-state index in [1.165, 1.54) is 52.8 Å². The van der Waals surface area contributed by atoms with Crippen LogP contribution in [0.3, 0.4) is 0 Å². The Kier molecular flexibility index (Phi) is 6.89. The molecule has 0 bridgehead atoms. The minimum Gasteiger partial charge on any atom is -0.497 e.